The second-order valence-electron chi connectivity index (χ2n) is 6.43. The summed E-state index contributed by atoms with van der Waals surface area (Å²) in [5, 5.41) is 3.70. The summed E-state index contributed by atoms with van der Waals surface area (Å²) in [6.45, 7) is 12.7. The second kappa shape index (κ2) is 7.95. The number of benzene rings is 1. The highest BCUT2D eigenvalue weighted by Gasteiger charge is 2.29. The Hall–Kier alpha value is -0.860. The van der Waals surface area contributed by atoms with E-state index >= 15 is 0 Å². The molecule has 1 fully saturated rings. The van der Waals surface area contributed by atoms with Gasteiger partial charge in [0.25, 0.3) is 0 Å². The summed E-state index contributed by atoms with van der Waals surface area (Å²) in [6.07, 6.45) is 3.81. The SMILES string of the molecule is CCNC(c1ccc(CC)cc1)C(C)N1CCC(CC)C1. The molecule has 2 nitrogen and oxygen atoms in total. The van der Waals surface area contributed by atoms with E-state index in [1.54, 1.807) is 0 Å². The summed E-state index contributed by atoms with van der Waals surface area (Å²) in [6, 6.07) is 10.2. The van der Waals surface area contributed by atoms with E-state index in [4.69, 9.17) is 0 Å². The predicted molar refractivity (Wildman–Crippen MR) is 91.7 cm³/mol. The molecule has 0 aromatic heterocycles. The van der Waals surface area contributed by atoms with Crippen LogP contribution in [0.1, 0.15) is 57.7 Å². The van der Waals surface area contributed by atoms with Gasteiger partial charge >= 0.3 is 0 Å². The van der Waals surface area contributed by atoms with Crippen molar-refractivity contribution in [1.29, 1.82) is 0 Å². The lowest BCUT2D eigenvalue weighted by Crippen LogP contribution is -2.42. The number of nitrogens with zero attached hydrogens (tertiary/aromatic N) is 1. The molecule has 1 aromatic carbocycles. The van der Waals surface area contributed by atoms with Crippen molar-refractivity contribution in [3.63, 3.8) is 0 Å². The van der Waals surface area contributed by atoms with Gasteiger partial charge < -0.3 is 5.32 Å². The van der Waals surface area contributed by atoms with Crippen LogP contribution in [-0.4, -0.2) is 30.6 Å². The number of hydrogen-bond acceptors (Lipinski definition) is 2. The van der Waals surface area contributed by atoms with Gasteiger partial charge in [-0.15, -0.1) is 0 Å². The van der Waals surface area contributed by atoms with Gasteiger partial charge in [0.15, 0.2) is 0 Å². The van der Waals surface area contributed by atoms with Crippen molar-refractivity contribution in [2.24, 2.45) is 5.92 Å². The molecule has 0 radical (unpaired) electrons. The maximum absolute atomic E-state index is 3.70. The average molecular weight is 288 g/mol. The van der Waals surface area contributed by atoms with Crippen molar-refractivity contribution < 1.29 is 0 Å². The lowest BCUT2D eigenvalue weighted by Gasteiger charge is -2.33. The molecule has 1 heterocycles. The molecule has 3 unspecified atom stereocenters. The topological polar surface area (TPSA) is 15.3 Å². The summed E-state index contributed by atoms with van der Waals surface area (Å²) in [5.41, 5.74) is 2.86. The third kappa shape index (κ3) is 4.08. The Bertz CT molecular complexity index is 412. The van der Waals surface area contributed by atoms with E-state index < -0.39 is 0 Å². The molecular formula is C19H32N2. The number of aryl methyl sites for hydroxylation is 1. The van der Waals surface area contributed by atoms with Crippen molar-refractivity contribution in [3.8, 4) is 0 Å². The van der Waals surface area contributed by atoms with Gasteiger partial charge in [-0.2, -0.15) is 0 Å². The van der Waals surface area contributed by atoms with Crippen LogP contribution in [0.4, 0.5) is 0 Å². The number of likely N-dealkylation sites (N-methyl/N-ethyl adjacent to an activating group) is 1. The maximum Gasteiger partial charge on any atom is 0.0475 e. The Balaban J connectivity index is 2.09. The zero-order valence-corrected chi connectivity index (χ0v) is 14.2. The molecule has 1 N–H and O–H groups in total. The number of rotatable bonds is 7. The zero-order valence-electron chi connectivity index (χ0n) is 14.2. The summed E-state index contributed by atoms with van der Waals surface area (Å²) >= 11 is 0. The minimum atomic E-state index is 0.441. The van der Waals surface area contributed by atoms with Crippen molar-refractivity contribution in [3.05, 3.63) is 35.4 Å². The smallest absolute Gasteiger partial charge is 0.0475 e. The van der Waals surface area contributed by atoms with Gasteiger partial charge in [0, 0.05) is 18.6 Å². The third-order valence-electron chi connectivity index (χ3n) is 5.12. The average Bonchev–Trinajstić information content (AvgIpc) is 3.01. The minimum absolute atomic E-state index is 0.441. The first-order valence-electron chi connectivity index (χ1n) is 8.75. The standard InChI is InChI=1S/C19H32N2/c1-5-16-8-10-18(11-9-16)19(20-7-3)15(4)21-13-12-17(6-2)14-21/h8-11,15,17,19-20H,5-7,12-14H2,1-4H3. The molecule has 2 heteroatoms. The highest BCUT2D eigenvalue weighted by atomic mass is 15.2. The molecule has 0 amide bonds. The van der Waals surface area contributed by atoms with Gasteiger partial charge in [-0.1, -0.05) is 51.5 Å². The van der Waals surface area contributed by atoms with Gasteiger partial charge in [-0.3, -0.25) is 4.90 Å². The minimum Gasteiger partial charge on any atom is -0.309 e. The van der Waals surface area contributed by atoms with E-state index in [0.717, 1.165) is 18.9 Å². The van der Waals surface area contributed by atoms with Crippen LogP contribution in [0.5, 0.6) is 0 Å². The Kier molecular flexibility index (Phi) is 6.25. The second-order valence-corrected chi connectivity index (χ2v) is 6.43. The number of hydrogen-bond donors (Lipinski definition) is 1. The largest absolute Gasteiger partial charge is 0.309 e. The molecule has 0 spiro atoms. The summed E-state index contributed by atoms with van der Waals surface area (Å²) in [5.74, 6) is 0.900. The molecule has 0 aliphatic carbocycles. The van der Waals surface area contributed by atoms with E-state index in [9.17, 15) is 0 Å². The molecule has 118 valence electrons. The van der Waals surface area contributed by atoms with Gasteiger partial charge in [0.2, 0.25) is 0 Å². The highest BCUT2D eigenvalue weighted by Crippen LogP contribution is 2.27. The fourth-order valence-electron chi connectivity index (χ4n) is 3.52. The Morgan fingerprint density at radius 1 is 1.19 bits per heavy atom. The molecular weight excluding hydrogens is 256 g/mol. The molecule has 2 rings (SSSR count). The maximum atomic E-state index is 3.70. The zero-order chi connectivity index (χ0) is 15.2. The van der Waals surface area contributed by atoms with E-state index in [1.165, 1.54) is 37.1 Å². The first-order valence-corrected chi connectivity index (χ1v) is 8.75. The van der Waals surface area contributed by atoms with Crippen molar-refractivity contribution in [2.45, 2.75) is 59.0 Å². The Morgan fingerprint density at radius 2 is 1.90 bits per heavy atom. The number of likely N-dealkylation sites (tertiary alicyclic amines) is 1. The van der Waals surface area contributed by atoms with E-state index in [2.05, 4.69) is 62.2 Å². The molecule has 3 atom stereocenters. The van der Waals surface area contributed by atoms with Crippen molar-refractivity contribution >= 4 is 0 Å². The lowest BCUT2D eigenvalue weighted by molar-refractivity contribution is 0.200. The molecule has 0 bridgehead atoms. The van der Waals surface area contributed by atoms with Gasteiger partial charge in [0.05, 0.1) is 0 Å². The van der Waals surface area contributed by atoms with Crippen LogP contribution in [0.2, 0.25) is 0 Å². The third-order valence-corrected chi connectivity index (χ3v) is 5.12. The Labute approximate surface area is 130 Å². The molecule has 21 heavy (non-hydrogen) atoms. The van der Waals surface area contributed by atoms with Crippen LogP contribution in [0.25, 0.3) is 0 Å². The first kappa shape index (κ1) is 16.5. The normalized spacial score (nSPS) is 22.4. The quantitative estimate of drug-likeness (QED) is 0.815. The van der Waals surface area contributed by atoms with Crippen molar-refractivity contribution in [2.75, 3.05) is 19.6 Å². The molecule has 1 saturated heterocycles. The predicted octanol–water partition coefficient (Wildman–Crippen LogP) is 4.02. The molecule has 1 aromatic rings. The van der Waals surface area contributed by atoms with E-state index in [1.807, 2.05) is 0 Å². The molecule has 1 aliphatic heterocycles. The first-order chi connectivity index (χ1) is 10.2. The highest BCUT2D eigenvalue weighted by molar-refractivity contribution is 5.26. The van der Waals surface area contributed by atoms with Crippen LogP contribution >= 0.6 is 0 Å². The van der Waals surface area contributed by atoms with Crippen molar-refractivity contribution in [1.82, 2.24) is 10.2 Å². The fraction of sp³-hybridized carbons (Fsp3) is 0.684. The fourth-order valence-corrected chi connectivity index (χ4v) is 3.52. The summed E-state index contributed by atoms with van der Waals surface area (Å²) in [7, 11) is 0. The molecule has 0 saturated carbocycles. The van der Waals surface area contributed by atoms with Crippen LogP contribution in [0.15, 0.2) is 24.3 Å². The van der Waals surface area contributed by atoms with Gasteiger partial charge in [0.1, 0.15) is 0 Å². The van der Waals surface area contributed by atoms with Crippen LogP contribution < -0.4 is 5.32 Å². The number of nitrogens with one attached hydrogen (secondary N) is 1. The molecule has 1 aliphatic rings. The summed E-state index contributed by atoms with van der Waals surface area (Å²) in [4.78, 5) is 2.68. The van der Waals surface area contributed by atoms with Crippen LogP contribution in [-0.2, 0) is 6.42 Å². The van der Waals surface area contributed by atoms with E-state index in [-0.39, 0.29) is 0 Å². The van der Waals surface area contributed by atoms with Crippen LogP contribution in [0, 0.1) is 5.92 Å². The van der Waals surface area contributed by atoms with Gasteiger partial charge in [-0.05, 0) is 49.9 Å². The van der Waals surface area contributed by atoms with Gasteiger partial charge in [-0.25, -0.2) is 0 Å². The monoisotopic (exact) mass is 288 g/mol. The Morgan fingerprint density at radius 3 is 2.43 bits per heavy atom. The summed E-state index contributed by atoms with van der Waals surface area (Å²) < 4.78 is 0. The van der Waals surface area contributed by atoms with Crippen LogP contribution in [0.3, 0.4) is 0 Å². The van der Waals surface area contributed by atoms with E-state index in [0.29, 0.717) is 12.1 Å². The lowest BCUT2D eigenvalue weighted by atomic mass is 9.97.